The van der Waals surface area contributed by atoms with Crippen LogP contribution >= 0.6 is 0 Å². The molecule has 2 aliphatic heterocycles. The van der Waals surface area contributed by atoms with E-state index in [0.717, 1.165) is 17.7 Å². The van der Waals surface area contributed by atoms with Crippen molar-refractivity contribution in [3.63, 3.8) is 0 Å². The number of esters is 1. The first kappa shape index (κ1) is 18.9. The summed E-state index contributed by atoms with van der Waals surface area (Å²) < 4.78 is 40.0. The first-order valence-corrected chi connectivity index (χ1v) is 9.68. The molecule has 6 nitrogen and oxygen atoms in total. The molecule has 0 spiro atoms. The molecule has 3 aromatic rings. The summed E-state index contributed by atoms with van der Waals surface area (Å²) in [6.45, 7) is 3.84. The van der Waals surface area contributed by atoms with E-state index in [2.05, 4.69) is 4.98 Å². The lowest BCUT2D eigenvalue weighted by Gasteiger charge is -2.20. The summed E-state index contributed by atoms with van der Waals surface area (Å²) in [5.74, 6) is -2.35. The first-order chi connectivity index (χ1) is 14.3. The van der Waals surface area contributed by atoms with E-state index in [9.17, 15) is 18.4 Å². The number of carbonyl (C=O) groups is 1. The zero-order valence-corrected chi connectivity index (χ0v) is 16.4. The number of benzene rings is 1. The van der Waals surface area contributed by atoms with Crippen molar-refractivity contribution >= 4 is 16.9 Å². The number of aromatic nitrogens is 2. The number of pyridine rings is 2. The average Bonchev–Trinajstić information content (AvgIpc) is 2.95. The average molecular weight is 412 g/mol. The van der Waals surface area contributed by atoms with Gasteiger partial charge in [-0.2, -0.15) is 0 Å². The van der Waals surface area contributed by atoms with Crippen molar-refractivity contribution in [1.82, 2.24) is 9.55 Å². The van der Waals surface area contributed by atoms with Crippen LogP contribution in [0.25, 0.3) is 22.3 Å². The number of halogens is 2. The topological polar surface area (TPSA) is 70.4 Å². The Morgan fingerprint density at radius 1 is 1.17 bits per heavy atom. The molecule has 0 amide bonds. The van der Waals surface area contributed by atoms with Gasteiger partial charge in [-0.05, 0) is 37.6 Å². The molecule has 0 N–H and O–H groups in total. The number of carbonyl (C=O) groups excluding carboxylic acids is 1. The van der Waals surface area contributed by atoms with Crippen LogP contribution in [0.15, 0.2) is 29.1 Å². The van der Waals surface area contributed by atoms with E-state index in [4.69, 9.17) is 9.47 Å². The van der Waals surface area contributed by atoms with Gasteiger partial charge in [-0.25, -0.2) is 13.8 Å². The monoisotopic (exact) mass is 412 g/mol. The highest BCUT2D eigenvalue weighted by Gasteiger charge is 2.32. The molecule has 1 atom stereocenters. The summed E-state index contributed by atoms with van der Waals surface area (Å²) in [7, 11) is 0. The number of hydrogen-bond acceptors (Lipinski definition) is 5. The van der Waals surface area contributed by atoms with Crippen molar-refractivity contribution in [2.24, 2.45) is 0 Å². The molecular formula is C22H18F2N2O4. The maximum atomic E-state index is 13.7. The van der Waals surface area contributed by atoms with Gasteiger partial charge in [0, 0.05) is 17.0 Å². The fraction of sp³-hybridized carbons (Fsp3) is 0.318. The molecular weight excluding hydrogens is 394 g/mol. The summed E-state index contributed by atoms with van der Waals surface area (Å²) in [6.07, 6.45) is -0.752. The predicted octanol–water partition coefficient (Wildman–Crippen LogP) is 3.62. The van der Waals surface area contributed by atoms with E-state index >= 15 is 0 Å². The van der Waals surface area contributed by atoms with Crippen LogP contribution in [0.1, 0.15) is 43.1 Å². The van der Waals surface area contributed by atoms with Crippen LogP contribution in [-0.4, -0.2) is 21.6 Å². The smallest absolute Gasteiger partial charge is 0.309 e. The number of fused-ring (bicyclic) bond motifs is 5. The molecule has 0 aliphatic carbocycles. The van der Waals surface area contributed by atoms with E-state index in [1.807, 2.05) is 13.8 Å². The Hall–Kier alpha value is -3.13. The Morgan fingerprint density at radius 2 is 1.93 bits per heavy atom. The molecule has 0 bridgehead atoms. The second kappa shape index (κ2) is 6.70. The van der Waals surface area contributed by atoms with Gasteiger partial charge < -0.3 is 14.0 Å². The minimum absolute atomic E-state index is 0.0105. The van der Waals surface area contributed by atoms with Gasteiger partial charge in [-0.3, -0.25) is 9.59 Å². The van der Waals surface area contributed by atoms with Crippen molar-refractivity contribution in [3.05, 3.63) is 62.9 Å². The van der Waals surface area contributed by atoms with Crippen molar-refractivity contribution in [1.29, 1.82) is 0 Å². The number of hydrogen-bond donors (Lipinski definition) is 0. The van der Waals surface area contributed by atoms with Gasteiger partial charge in [0.05, 0.1) is 47.6 Å². The maximum Gasteiger partial charge on any atom is 0.309 e. The molecule has 4 heterocycles. The van der Waals surface area contributed by atoms with Crippen molar-refractivity contribution in [2.75, 3.05) is 0 Å². The SMILES string of the molecule is CC(C)O[C@@H]1CC(=O)OCc2c1cc1n(c2=O)Cc2cc3cc(F)c(F)cc3nc2-1. The van der Waals surface area contributed by atoms with E-state index in [1.54, 1.807) is 16.7 Å². The van der Waals surface area contributed by atoms with Crippen LogP contribution < -0.4 is 5.56 Å². The molecule has 0 radical (unpaired) electrons. The third kappa shape index (κ3) is 2.90. The first-order valence-electron chi connectivity index (χ1n) is 9.68. The Balaban J connectivity index is 1.72. The summed E-state index contributed by atoms with van der Waals surface area (Å²) >= 11 is 0. The van der Waals surface area contributed by atoms with Crippen LogP contribution in [0.3, 0.4) is 0 Å². The Labute approximate surface area is 170 Å². The third-order valence-corrected chi connectivity index (χ3v) is 5.45. The number of nitrogens with zero attached hydrogens (tertiary/aromatic N) is 2. The van der Waals surface area contributed by atoms with Gasteiger partial charge in [0.15, 0.2) is 11.6 Å². The van der Waals surface area contributed by atoms with Crippen LogP contribution in [0.5, 0.6) is 0 Å². The fourth-order valence-electron chi connectivity index (χ4n) is 4.14. The van der Waals surface area contributed by atoms with Gasteiger partial charge >= 0.3 is 5.97 Å². The van der Waals surface area contributed by atoms with Crippen LogP contribution in [-0.2, 0) is 27.4 Å². The normalized spacial score (nSPS) is 17.5. The van der Waals surface area contributed by atoms with E-state index in [0.29, 0.717) is 33.4 Å². The molecule has 0 saturated heterocycles. The van der Waals surface area contributed by atoms with Gasteiger partial charge in [0.2, 0.25) is 0 Å². The zero-order chi connectivity index (χ0) is 21.2. The third-order valence-electron chi connectivity index (χ3n) is 5.45. The van der Waals surface area contributed by atoms with Crippen LogP contribution in [0.4, 0.5) is 8.78 Å². The highest BCUT2D eigenvalue weighted by molar-refractivity contribution is 5.84. The highest BCUT2D eigenvalue weighted by Crippen LogP contribution is 2.36. The summed E-state index contributed by atoms with van der Waals surface area (Å²) in [5, 5.41) is 0.463. The standard InChI is InChI=1S/C22H18F2N2O4/c1-10(2)30-19-7-20(27)29-9-14-13(19)5-18-21-12(8-26(18)22(14)28)3-11-4-15(23)16(24)6-17(11)25-21/h3-6,10,19H,7-9H2,1-2H3/t19-/m1/s1. The van der Waals surface area contributed by atoms with E-state index in [-0.39, 0.29) is 31.2 Å². The molecule has 2 aromatic heterocycles. The van der Waals surface area contributed by atoms with E-state index < -0.39 is 23.7 Å². The molecule has 1 aromatic carbocycles. The number of rotatable bonds is 2. The second-order valence-electron chi connectivity index (χ2n) is 7.85. The minimum Gasteiger partial charge on any atom is -0.460 e. The molecule has 30 heavy (non-hydrogen) atoms. The summed E-state index contributed by atoms with van der Waals surface area (Å²) in [4.78, 5) is 29.8. The molecule has 2 aliphatic rings. The molecule has 8 heteroatoms. The lowest BCUT2D eigenvalue weighted by atomic mass is 10.0. The van der Waals surface area contributed by atoms with Crippen molar-refractivity contribution < 1.29 is 23.0 Å². The minimum atomic E-state index is -0.978. The van der Waals surface area contributed by atoms with Gasteiger partial charge in [-0.1, -0.05) is 0 Å². The predicted molar refractivity (Wildman–Crippen MR) is 104 cm³/mol. The largest absolute Gasteiger partial charge is 0.460 e. The summed E-state index contributed by atoms with van der Waals surface area (Å²) in [5.41, 5.74) is 2.84. The van der Waals surface area contributed by atoms with Crippen LogP contribution in [0, 0.1) is 11.6 Å². The molecule has 0 saturated carbocycles. The molecule has 154 valence electrons. The number of cyclic esters (lactones) is 1. The number of ether oxygens (including phenoxy) is 2. The van der Waals surface area contributed by atoms with Crippen molar-refractivity contribution in [3.8, 4) is 11.4 Å². The van der Waals surface area contributed by atoms with Crippen molar-refractivity contribution in [2.45, 2.75) is 45.6 Å². The van der Waals surface area contributed by atoms with Crippen LogP contribution in [0.2, 0.25) is 0 Å². The molecule has 0 fully saturated rings. The van der Waals surface area contributed by atoms with Gasteiger partial charge in [0.25, 0.3) is 5.56 Å². The molecule has 0 unspecified atom stereocenters. The van der Waals surface area contributed by atoms with Gasteiger partial charge in [-0.15, -0.1) is 0 Å². The Morgan fingerprint density at radius 3 is 2.70 bits per heavy atom. The Kier molecular flexibility index (Phi) is 4.21. The van der Waals surface area contributed by atoms with E-state index in [1.165, 1.54) is 0 Å². The zero-order valence-electron chi connectivity index (χ0n) is 16.4. The quantitative estimate of drug-likeness (QED) is 0.471. The maximum absolute atomic E-state index is 13.7. The molecule has 5 rings (SSSR count). The fourth-order valence-corrected chi connectivity index (χ4v) is 4.14. The lowest BCUT2D eigenvalue weighted by molar-refractivity contribution is -0.147. The van der Waals surface area contributed by atoms with Gasteiger partial charge in [0.1, 0.15) is 6.61 Å². The highest BCUT2D eigenvalue weighted by atomic mass is 19.2. The second-order valence-corrected chi connectivity index (χ2v) is 7.85. The summed E-state index contributed by atoms with van der Waals surface area (Å²) in [6, 6.07) is 5.67. The lowest BCUT2D eigenvalue weighted by Crippen LogP contribution is -2.26. The Bertz CT molecular complexity index is 1280.